The van der Waals surface area contributed by atoms with Crippen LogP contribution in [0.25, 0.3) is 16.5 Å². The molecule has 1 aromatic heterocycles. The van der Waals surface area contributed by atoms with E-state index in [1.165, 1.54) is 6.08 Å². The highest BCUT2D eigenvalue weighted by molar-refractivity contribution is 7.16. The molecule has 0 spiro atoms. The minimum atomic E-state index is -0.488. The molecule has 1 heterocycles. The number of thiophene rings is 1. The van der Waals surface area contributed by atoms with Crippen LogP contribution in [0.15, 0.2) is 42.5 Å². The molecule has 0 aliphatic rings. The SMILES string of the molecule is CCOC(=O)NCCNC(=O)/C=C/c1ccc(-c2ccccc2Cl)s1. The molecule has 1 aromatic carbocycles. The van der Waals surface area contributed by atoms with Gasteiger partial charge in [0, 0.05) is 39.5 Å². The molecular weight excluding hydrogens is 360 g/mol. The lowest BCUT2D eigenvalue weighted by Gasteiger charge is -2.05. The maximum atomic E-state index is 11.8. The quantitative estimate of drug-likeness (QED) is 0.566. The van der Waals surface area contributed by atoms with Gasteiger partial charge in [-0.05, 0) is 31.2 Å². The highest BCUT2D eigenvalue weighted by atomic mass is 35.5. The molecular formula is C18H19ClN2O3S. The highest BCUT2D eigenvalue weighted by Gasteiger charge is 2.05. The van der Waals surface area contributed by atoms with Crippen LogP contribution in [0.2, 0.25) is 5.02 Å². The van der Waals surface area contributed by atoms with Crippen LogP contribution >= 0.6 is 22.9 Å². The molecule has 0 aliphatic carbocycles. The second kappa shape index (κ2) is 9.86. The Morgan fingerprint density at radius 2 is 1.92 bits per heavy atom. The molecule has 0 unspecified atom stereocenters. The van der Waals surface area contributed by atoms with Crippen LogP contribution in [0.1, 0.15) is 11.8 Å². The summed E-state index contributed by atoms with van der Waals surface area (Å²) in [5.41, 5.74) is 0.975. The van der Waals surface area contributed by atoms with Crippen molar-refractivity contribution in [2.24, 2.45) is 0 Å². The summed E-state index contributed by atoms with van der Waals surface area (Å²) in [7, 11) is 0. The molecule has 0 bridgehead atoms. The number of alkyl carbamates (subject to hydrolysis) is 1. The number of hydrogen-bond donors (Lipinski definition) is 2. The van der Waals surface area contributed by atoms with Gasteiger partial charge in [-0.1, -0.05) is 29.8 Å². The van der Waals surface area contributed by atoms with Gasteiger partial charge in [0.05, 0.1) is 6.61 Å². The van der Waals surface area contributed by atoms with Gasteiger partial charge in [-0.2, -0.15) is 0 Å². The lowest BCUT2D eigenvalue weighted by Crippen LogP contribution is -2.34. The van der Waals surface area contributed by atoms with Crippen molar-refractivity contribution in [3.63, 3.8) is 0 Å². The van der Waals surface area contributed by atoms with Crippen molar-refractivity contribution in [2.45, 2.75) is 6.92 Å². The van der Waals surface area contributed by atoms with Gasteiger partial charge in [0.2, 0.25) is 5.91 Å². The number of amides is 2. The van der Waals surface area contributed by atoms with E-state index in [9.17, 15) is 9.59 Å². The highest BCUT2D eigenvalue weighted by Crippen LogP contribution is 2.33. The van der Waals surface area contributed by atoms with Crippen LogP contribution in [0.5, 0.6) is 0 Å². The van der Waals surface area contributed by atoms with Crippen LogP contribution in [0.3, 0.4) is 0 Å². The average Bonchev–Trinajstić information content (AvgIpc) is 3.06. The molecule has 0 radical (unpaired) electrons. The molecule has 0 fully saturated rings. The number of ether oxygens (including phenoxy) is 1. The zero-order chi connectivity index (χ0) is 18.1. The van der Waals surface area contributed by atoms with Gasteiger partial charge in [-0.15, -0.1) is 11.3 Å². The van der Waals surface area contributed by atoms with E-state index < -0.39 is 6.09 Å². The van der Waals surface area contributed by atoms with E-state index in [-0.39, 0.29) is 5.91 Å². The number of nitrogens with one attached hydrogen (secondary N) is 2. The van der Waals surface area contributed by atoms with Gasteiger partial charge in [0.1, 0.15) is 0 Å². The Morgan fingerprint density at radius 1 is 1.16 bits per heavy atom. The lowest BCUT2D eigenvalue weighted by molar-refractivity contribution is -0.116. The molecule has 0 aliphatic heterocycles. The second-order valence-corrected chi connectivity index (χ2v) is 6.48. The minimum absolute atomic E-state index is 0.224. The van der Waals surface area contributed by atoms with E-state index >= 15 is 0 Å². The molecule has 2 aromatic rings. The van der Waals surface area contributed by atoms with Gasteiger partial charge in [-0.25, -0.2) is 4.79 Å². The maximum Gasteiger partial charge on any atom is 0.407 e. The molecule has 5 nitrogen and oxygen atoms in total. The molecule has 2 amide bonds. The molecule has 0 atom stereocenters. The molecule has 2 N–H and O–H groups in total. The monoisotopic (exact) mass is 378 g/mol. The first kappa shape index (κ1) is 19.0. The Labute approximate surface area is 155 Å². The van der Waals surface area contributed by atoms with Crippen LogP contribution < -0.4 is 10.6 Å². The number of benzene rings is 1. The predicted octanol–water partition coefficient (Wildman–Crippen LogP) is 3.94. The predicted molar refractivity (Wildman–Crippen MR) is 102 cm³/mol. The van der Waals surface area contributed by atoms with Crippen molar-refractivity contribution < 1.29 is 14.3 Å². The minimum Gasteiger partial charge on any atom is -0.450 e. The summed E-state index contributed by atoms with van der Waals surface area (Å²) in [6, 6.07) is 11.6. The van der Waals surface area contributed by atoms with E-state index in [4.69, 9.17) is 16.3 Å². The Hall–Kier alpha value is -2.31. The summed E-state index contributed by atoms with van der Waals surface area (Å²) in [5.74, 6) is -0.224. The fourth-order valence-corrected chi connectivity index (χ4v) is 3.24. The standard InChI is InChI=1S/C18H19ClN2O3S/c1-2-24-18(23)21-12-11-20-17(22)10-8-13-7-9-16(25-13)14-5-3-4-6-15(14)19/h3-10H,2,11-12H2,1H3,(H,20,22)(H,21,23)/b10-8+. The van der Waals surface area contributed by atoms with Crippen LogP contribution in [-0.2, 0) is 9.53 Å². The Balaban J connectivity index is 1.81. The normalized spacial score (nSPS) is 10.6. The first-order valence-electron chi connectivity index (χ1n) is 7.81. The Kier molecular flexibility index (Phi) is 7.50. The van der Waals surface area contributed by atoms with Crippen LogP contribution in [0, 0.1) is 0 Å². The molecule has 7 heteroatoms. The van der Waals surface area contributed by atoms with Crippen molar-refractivity contribution in [2.75, 3.05) is 19.7 Å². The van der Waals surface area contributed by atoms with E-state index in [1.807, 2.05) is 36.4 Å². The van der Waals surface area contributed by atoms with Crippen molar-refractivity contribution in [1.82, 2.24) is 10.6 Å². The first-order chi connectivity index (χ1) is 12.1. The van der Waals surface area contributed by atoms with Crippen molar-refractivity contribution in [3.05, 3.63) is 52.4 Å². The smallest absolute Gasteiger partial charge is 0.407 e. The first-order valence-corrected chi connectivity index (χ1v) is 9.01. The van der Waals surface area contributed by atoms with Crippen LogP contribution in [0.4, 0.5) is 4.79 Å². The Bertz CT molecular complexity index is 758. The average molecular weight is 379 g/mol. The number of hydrogen-bond acceptors (Lipinski definition) is 4. The molecule has 25 heavy (non-hydrogen) atoms. The number of halogens is 1. The molecule has 0 saturated carbocycles. The van der Waals surface area contributed by atoms with Gasteiger partial charge in [0.15, 0.2) is 0 Å². The van der Waals surface area contributed by atoms with Crippen molar-refractivity contribution >= 4 is 41.0 Å². The van der Waals surface area contributed by atoms with Gasteiger partial charge >= 0.3 is 6.09 Å². The summed E-state index contributed by atoms with van der Waals surface area (Å²) in [6.45, 7) is 2.69. The van der Waals surface area contributed by atoms with Gasteiger partial charge in [0.25, 0.3) is 0 Å². The van der Waals surface area contributed by atoms with Crippen molar-refractivity contribution in [3.8, 4) is 10.4 Å². The zero-order valence-electron chi connectivity index (χ0n) is 13.8. The third-order valence-electron chi connectivity index (χ3n) is 3.13. The third kappa shape index (κ3) is 6.25. The summed E-state index contributed by atoms with van der Waals surface area (Å²) >= 11 is 7.75. The van der Waals surface area contributed by atoms with Gasteiger partial charge < -0.3 is 15.4 Å². The van der Waals surface area contributed by atoms with Crippen LogP contribution in [-0.4, -0.2) is 31.7 Å². The number of carbonyl (C=O) groups excluding carboxylic acids is 2. The molecule has 132 valence electrons. The van der Waals surface area contributed by atoms with Gasteiger partial charge in [-0.3, -0.25) is 4.79 Å². The Morgan fingerprint density at radius 3 is 2.68 bits per heavy atom. The lowest BCUT2D eigenvalue weighted by atomic mass is 10.2. The van der Waals surface area contributed by atoms with E-state index in [0.717, 1.165) is 15.3 Å². The second-order valence-electron chi connectivity index (χ2n) is 4.95. The summed E-state index contributed by atoms with van der Waals surface area (Å²) in [6.07, 6.45) is 2.73. The largest absolute Gasteiger partial charge is 0.450 e. The number of rotatable bonds is 7. The summed E-state index contributed by atoms with van der Waals surface area (Å²) in [4.78, 5) is 24.8. The van der Waals surface area contributed by atoms with E-state index in [2.05, 4.69) is 10.6 Å². The maximum absolute atomic E-state index is 11.8. The fourth-order valence-electron chi connectivity index (χ4n) is 2.00. The third-order valence-corrected chi connectivity index (χ3v) is 4.55. The van der Waals surface area contributed by atoms with E-state index in [1.54, 1.807) is 24.3 Å². The summed E-state index contributed by atoms with van der Waals surface area (Å²) in [5, 5.41) is 5.92. The molecule has 2 rings (SSSR count). The fraction of sp³-hybridized carbons (Fsp3) is 0.222. The van der Waals surface area contributed by atoms with Crippen molar-refractivity contribution in [1.29, 1.82) is 0 Å². The topological polar surface area (TPSA) is 67.4 Å². The summed E-state index contributed by atoms with van der Waals surface area (Å²) < 4.78 is 4.72. The number of carbonyl (C=O) groups is 2. The molecule has 0 saturated heterocycles. The zero-order valence-corrected chi connectivity index (χ0v) is 15.3. The van der Waals surface area contributed by atoms with E-state index in [0.29, 0.717) is 24.7 Å².